The second-order valence-corrected chi connectivity index (χ2v) is 30.8. The zero-order valence-corrected chi connectivity index (χ0v) is 64.8. The molecular formula is C86H167NO8. The minimum atomic E-state index is -1.62. The Labute approximate surface area is 593 Å². The van der Waals surface area contributed by atoms with Gasteiger partial charge in [0.15, 0.2) is 12.4 Å². The fourth-order valence-electron chi connectivity index (χ4n) is 13.5. The summed E-state index contributed by atoms with van der Waals surface area (Å²) in [5.74, 6) is -2.24. The molecule has 0 aromatic heterocycles. The molecule has 0 aliphatic rings. The Morgan fingerprint density at radius 1 is 0.305 bits per heavy atom. The van der Waals surface area contributed by atoms with Crippen molar-refractivity contribution in [2.24, 2.45) is 0 Å². The first-order valence-electron chi connectivity index (χ1n) is 42.8. The van der Waals surface area contributed by atoms with E-state index in [1.807, 2.05) is 21.1 Å². The number of esters is 2. The number of carbonyl (C=O) groups is 3. The summed E-state index contributed by atoms with van der Waals surface area (Å²) >= 11 is 0. The Morgan fingerprint density at radius 2 is 0.537 bits per heavy atom. The summed E-state index contributed by atoms with van der Waals surface area (Å²) in [6.07, 6.45) is 95.2. The molecule has 0 heterocycles. The molecule has 9 nitrogen and oxygen atoms in total. The van der Waals surface area contributed by atoms with E-state index in [2.05, 4.69) is 26.0 Å². The van der Waals surface area contributed by atoms with Crippen LogP contribution in [0.1, 0.15) is 463 Å². The Kier molecular flexibility index (Phi) is 76.1. The molecule has 0 saturated heterocycles. The summed E-state index contributed by atoms with van der Waals surface area (Å²) in [5.41, 5.74) is 0. The molecule has 564 valence electrons. The molecule has 0 fully saturated rings. The SMILES string of the molecule is CCCCCCCCCC/C=C\CCCCCCCCCCCCCCCCCCCCCC(=O)OC(COC(=O)CCCCCCCCCCCCCCCCCCCCCCCCCCCCCCCCCCCCCCCCC)COC(OCC[N+](C)(C)C)C(=O)[O-]. The first kappa shape index (κ1) is 93.0. The van der Waals surface area contributed by atoms with E-state index in [4.69, 9.17) is 18.9 Å². The summed E-state index contributed by atoms with van der Waals surface area (Å²) in [6.45, 7) is 4.85. The summed E-state index contributed by atoms with van der Waals surface area (Å²) in [4.78, 5) is 37.6. The lowest BCUT2D eigenvalue weighted by molar-refractivity contribution is -0.870. The van der Waals surface area contributed by atoms with Gasteiger partial charge in [0.25, 0.3) is 0 Å². The number of unbranched alkanes of at least 4 members (excludes halogenated alkanes) is 65. The van der Waals surface area contributed by atoms with Gasteiger partial charge in [-0.25, -0.2) is 0 Å². The zero-order chi connectivity index (χ0) is 69.0. The molecule has 2 atom stereocenters. The van der Waals surface area contributed by atoms with Crippen molar-refractivity contribution in [2.45, 2.75) is 476 Å². The topological polar surface area (TPSA) is 111 Å². The summed E-state index contributed by atoms with van der Waals surface area (Å²) in [6, 6.07) is 0. The number of quaternary nitrogens is 1. The molecule has 0 aliphatic heterocycles. The molecule has 0 aliphatic carbocycles. The minimum absolute atomic E-state index is 0.153. The molecule has 0 aromatic carbocycles. The molecule has 0 rings (SSSR count). The van der Waals surface area contributed by atoms with E-state index in [9.17, 15) is 19.5 Å². The van der Waals surface area contributed by atoms with E-state index in [0.717, 1.165) is 38.5 Å². The number of nitrogens with zero attached hydrogens (tertiary/aromatic N) is 1. The van der Waals surface area contributed by atoms with Crippen molar-refractivity contribution in [3.63, 3.8) is 0 Å². The van der Waals surface area contributed by atoms with Crippen LogP contribution in [0.25, 0.3) is 0 Å². The lowest BCUT2D eigenvalue weighted by atomic mass is 10.0. The minimum Gasteiger partial charge on any atom is -0.545 e. The van der Waals surface area contributed by atoms with Crippen LogP contribution in [-0.4, -0.2) is 82.3 Å². The number of carboxylic acids is 1. The van der Waals surface area contributed by atoms with E-state index >= 15 is 0 Å². The standard InChI is InChI=1S/C86H167NO8/c1-6-8-10-12-14-16-18-20-22-24-26-28-30-32-34-36-38-39-40-41-42-43-44-45-47-48-50-52-54-56-58-60-62-64-66-68-70-72-74-76-83(88)93-80-82(81-94-86(85(90)91)92-79-78-87(3,4)5)95-84(89)77-75-73-71-69-67-65-63-61-59-57-55-53-51-49-46-37-35-33-31-29-27-25-23-21-19-17-15-13-11-9-7-2/h25,27,82,86H,6-24,26,28-81H2,1-5H3/b27-25-. The van der Waals surface area contributed by atoms with Crippen LogP contribution in [0.3, 0.4) is 0 Å². The molecule has 0 amide bonds. The van der Waals surface area contributed by atoms with Gasteiger partial charge >= 0.3 is 11.9 Å². The third-order valence-corrected chi connectivity index (χ3v) is 20.0. The number of hydrogen-bond acceptors (Lipinski definition) is 8. The van der Waals surface area contributed by atoms with Gasteiger partial charge in [-0.3, -0.25) is 9.59 Å². The number of carboxylic acid groups (broad SMARTS) is 1. The van der Waals surface area contributed by atoms with Crippen molar-refractivity contribution < 1.29 is 42.9 Å². The van der Waals surface area contributed by atoms with Gasteiger partial charge < -0.3 is 33.3 Å². The van der Waals surface area contributed by atoms with Crippen LogP contribution in [0.2, 0.25) is 0 Å². The van der Waals surface area contributed by atoms with E-state index < -0.39 is 24.3 Å². The first-order valence-corrected chi connectivity index (χ1v) is 42.8. The van der Waals surface area contributed by atoms with Crippen LogP contribution in [0.15, 0.2) is 12.2 Å². The number of allylic oxidation sites excluding steroid dienone is 2. The molecule has 0 radical (unpaired) electrons. The van der Waals surface area contributed by atoms with Gasteiger partial charge in [0.1, 0.15) is 13.2 Å². The molecule has 0 spiro atoms. The number of carbonyl (C=O) groups excluding carboxylic acids is 3. The Balaban J connectivity index is 3.90. The van der Waals surface area contributed by atoms with Crippen molar-refractivity contribution in [2.75, 3.05) is 47.5 Å². The van der Waals surface area contributed by atoms with E-state index in [1.165, 1.54) is 398 Å². The van der Waals surface area contributed by atoms with Crippen LogP contribution in [0.4, 0.5) is 0 Å². The van der Waals surface area contributed by atoms with Gasteiger partial charge in [0, 0.05) is 12.8 Å². The average molecular weight is 1340 g/mol. The molecule has 95 heavy (non-hydrogen) atoms. The smallest absolute Gasteiger partial charge is 0.306 e. The van der Waals surface area contributed by atoms with Crippen molar-refractivity contribution in [3.8, 4) is 0 Å². The normalized spacial score (nSPS) is 12.6. The van der Waals surface area contributed by atoms with Crippen molar-refractivity contribution in [1.82, 2.24) is 0 Å². The number of hydrogen-bond donors (Lipinski definition) is 0. The average Bonchev–Trinajstić information content (AvgIpc) is 3.24. The van der Waals surface area contributed by atoms with Gasteiger partial charge in [-0.15, -0.1) is 0 Å². The monoisotopic (exact) mass is 1340 g/mol. The molecule has 9 heteroatoms. The van der Waals surface area contributed by atoms with Crippen molar-refractivity contribution in [1.29, 1.82) is 0 Å². The largest absolute Gasteiger partial charge is 0.545 e. The van der Waals surface area contributed by atoms with E-state index in [-0.39, 0.29) is 32.2 Å². The maximum absolute atomic E-state index is 13.0. The highest BCUT2D eigenvalue weighted by Crippen LogP contribution is 2.21. The van der Waals surface area contributed by atoms with Gasteiger partial charge in [0.2, 0.25) is 0 Å². The highest BCUT2D eigenvalue weighted by molar-refractivity contribution is 5.70. The molecule has 0 N–H and O–H groups in total. The molecule has 0 aromatic rings. The Morgan fingerprint density at radius 3 is 0.779 bits per heavy atom. The fourth-order valence-corrected chi connectivity index (χ4v) is 13.5. The number of ether oxygens (including phenoxy) is 4. The van der Waals surface area contributed by atoms with E-state index in [1.54, 1.807) is 0 Å². The van der Waals surface area contributed by atoms with E-state index in [0.29, 0.717) is 17.4 Å². The maximum Gasteiger partial charge on any atom is 0.306 e. The maximum atomic E-state index is 13.0. The first-order chi connectivity index (χ1) is 46.6. The van der Waals surface area contributed by atoms with Gasteiger partial charge in [-0.05, 0) is 38.5 Å². The van der Waals surface area contributed by atoms with Crippen LogP contribution in [0, 0.1) is 0 Å². The summed E-state index contributed by atoms with van der Waals surface area (Å²) in [5, 5.41) is 11.9. The lowest BCUT2D eigenvalue weighted by Gasteiger charge is -2.26. The molecular weight excluding hydrogens is 1170 g/mol. The second-order valence-electron chi connectivity index (χ2n) is 30.8. The predicted molar refractivity (Wildman–Crippen MR) is 408 cm³/mol. The predicted octanol–water partition coefficient (Wildman–Crippen LogP) is 26.2. The second kappa shape index (κ2) is 77.8. The highest BCUT2D eigenvalue weighted by atomic mass is 16.7. The van der Waals surface area contributed by atoms with Crippen LogP contribution < -0.4 is 5.11 Å². The number of aliphatic carboxylic acids is 1. The van der Waals surface area contributed by atoms with Gasteiger partial charge in [-0.1, -0.05) is 424 Å². The number of likely N-dealkylation sites (N-methyl/N-ethyl adjacent to an activating group) is 1. The molecule has 0 bridgehead atoms. The Hall–Kier alpha value is -1.97. The summed E-state index contributed by atoms with van der Waals surface area (Å²) < 4.78 is 22.9. The fraction of sp³-hybridized carbons (Fsp3) is 0.942. The quantitative estimate of drug-likeness (QED) is 0.0195. The van der Waals surface area contributed by atoms with Gasteiger partial charge in [0.05, 0.1) is 40.3 Å². The zero-order valence-electron chi connectivity index (χ0n) is 64.8. The van der Waals surface area contributed by atoms with Crippen molar-refractivity contribution >= 4 is 17.9 Å². The third kappa shape index (κ3) is 79.2. The summed E-state index contributed by atoms with van der Waals surface area (Å²) in [7, 11) is 5.96. The van der Waals surface area contributed by atoms with Gasteiger partial charge in [-0.2, -0.15) is 0 Å². The van der Waals surface area contributed by atoms with Crippen molar-refractivity contribution in [3.05, 3.63) is 12.2 Å². The Bertz CT molecular complexity index is 1560. The van der Waals surface area contributed by atoms with Crippen LogP contribution in [0.5, 0.6) is 0 Å². The van der Waals surface area contributed by atoms with Crippen LogP contribution >= 0.6 is 0 Å². The lowest BCUT2D eigenvalue weighted by Crippen LogP contribution is -2.44. The van der Waals surface area contributed by atoms with Crippen LogP contribution in [-0.2, 0) is 33.3 Å². The highest BCUT2D eigenvalue weighted by Gasteiger charge is 2.22. The molecule has 0 saturated carbocycles. The molecule has 2 unspecified atom stereocenters. The third-order valence-electron chi connectivity index (χ3n) is 20.0. The number of rotatable bonds is 82.